The molecular formula is C10H12N2. The quantitative estimate of drug-likeness (QED) is 0.710. The molecule has 62 valence electrons. The molecule has 0 atom stereocenters. The Kier molecular flexibility index (Phi) is 2.84. The molecule has 0 heterocycles. The standard InChI is InChI=1S/C10H12N2/c1-8-6-9(4-5-11)2-3-10(8)7-12/h2-3,6H,4-5,11H2,1H3. The number of benzene rings is 1. The predicted octanol–water partition coefficient (Wildman–Crippen LogP) is 1.37. The van der Waals surface area contributed by atoms with E-state index in [2.05, 4.69) is 6.07 Å². The SMILES string of the molecule is Cc1cc(CCN)ccc1C#N. The highest BCUT2D eigenvalue weighted by molar-refractivity contribution is 5.39. The Hall–Kier alpha value is -1.33. The van der Waals surface area contributed by atoms with Crippen LogP contribution in [0.25, 0.3) is 0 Å². The van der Waals surface area contributed by atoms with Gasteiger partial charge in [-0.05, 0) is 37.1 Å². The van der Waals surface area contributed by atoms with Crippen LogP contribution in [0.5, 0.6) is 0 Å². The third-order valence-corrected chi connectivity index (χ3v) is 1.84. The lowest BCUT2D eigenvalue weighted by Gasteiger charge is -2.01. The van der Waals surface area contributed by atoms with E-state index in [0.29, 0.717) is 6.54 Å². The molecule has 0 spiro atoms. The Morgan fingerprint density at radius 3 is 2.75 bits per heavy atom. The summed E-state index contributed by atoms with van der Waals surface area (Å²) in [6, 6.07) is 7.96. The molecule has 0 aliphatic heterocycles. The molecule has 0 aromatic heterocycles. The van der Waals surface area contributed by atoms with Gasteiger partial charge in [0.15, 0.2) is 0 Å². The molecule has 0 radical (unpaired) electrons. The van der Waals surface area contributed by atoms with Crippen molar-refractivity contribution >= 4 is 0 Å². The molecule has 12 heavy (non-hydrogen) atoms. The highest BCUT2D eigenvalue weighted by Crippen LogP contribution is 2.09. The van der Waals surface area contributed by atoms with Crippen molar-refractivity contribution in [2.75, 3.05) is 6.54 Å². The lowest BCUT2D eigenvalue weighted by Crippen LogP contribution is -2.02. The van der Waals surface area contributed by atoms with Gasteiger partial charge in [0.25, 0.3) is 0 Å². The van der Waals surface area contributed by atoms with Gasteiger partial charge in [0.05, 0.1) is 11.6 Å². The van der Waals surface area contributed by atoms with Crippen molar-refractivity contribution in [1.82, 2.24) is 0 Å². The van der Waals surface area contributed by atoms with Crippen molar-refractivity contribution in [3.63, 3.8) is 0 Å². The van der Waals surface area contributed by atoms with E-state index >= 15 is 0 Å². The monoisotopic (exact) mass is 160 g/mol. The third-order valence-electron chi connectivity index (χ3n) is 1.84. The Labute approximate surface area is 72.6 Å². The van der Waals surface area contributed by atoms with E-state index < -0.39 is 0 Å². The summed E-state index contributed by atoms with van der Waals surface area (Å²) < 4.78 is 0. The van der Waals surface area contributed by atoms with Crippen LogP contribution in [0.15, 0.2) is 18.2 Å². The molecule has 2 heteroatoms. The minimum Gasteiger partial charge on any atom is -0.330 e. The van der Waals surface area contributed by atoms with E-state index in [1.807, 2.05) is 25.1 Å². The van der Waals surface area contributed by atoms with Crippen LogP contribution >= 0.6 is 0 Å². The lowest BCUT2D eigenvalue weighted by atomic mass is 10.0. The Bertz CT molecular complexity index is 310. The smallest absolute Gasteiger partial charge is 0.0994 e. The molecule has 0 saturated carbocycles. The molecule has 2 N–H and O–H groups in total. The van der Waals surface area contributed by atoms with Crippen molar-refractivity contribution in [1.29, 1.82) is 5.26 Å². The molecule has 0 saturated heterocycles. The number of hydrogen-bond acceptors (Lipinski definition) is 2. The fourth-order valence-electron chi connectivity index (χ4n) is 1.17. The van der Waals surface area contributed by atoms with Gasteiger partial charge in [0.1, 0.15) is 0 Å². The summed E-state index contributed by atoms with van der Waals surface area (Å²) in [6.45, 7) is 2.60. The maximum Gasteiger partial charge on any atom is 0.0994 e. The van der Waals surface area contributed by atoms with Crippen LogP contribution in [-0.4, -0.2) is 6.54 Å². The number of aryl methyl sites for hydroxylation is 1. The first-order valence-corrected chi connectivity index (χ1v) is 3.97. The van der Waals surface area contributed by atoms with Crippen LogP contribution in [0, 0.1) is 18.3 Å². The largest absolute Gasteiger partial charge is 0.330 e. The zero-order valence-electron chi connectivity index (χ0n) is 7.17. The second-order valence-electron chi connectivity index (χ2n) is 2.80. The molecule has 0 aliphatic carbocycles. The van der Waals surface area contributed by atoms with Gasteiger partial charge in [-0.2, -0.15) is 5.26 Å². The molecular weight excluding hydrogens is 148 g/mol. The summed E-state index contributed by atoms with van der Waals surface area (Å²) in [6.07, 6.45) is 0.881. The predicted molar refractivity (Wildman–Crippen MR) is 48.7 cm³/mol. The molecule has 2 nitrogen and oxygen atoms in total. The summed E-state index contributed by atoms with van der Waals surface area (Å²) in [5.41, 5.74) is 8.40. The van der Waals surface area contributed by atoms with Gasteiger partial charge in [-0.15, -0.1) is 0 Å². The fraction of sp³-hybridized carbons (Fsp3) is 0.300. The Morgan fingerprint density at radius 2 is 2.25 bits per heavy atom. The number of nitrogens with two attached hydrogens (primary N) is 1. The van der Waals surface area contributed by atoms with Gasteiger partial charge in [-0.3, -0.25) is 0 Å². The van der Waals surface area contributed by atoms with Crippen molar-refractivity contribution in [2.24, 2.45) is 5.73 Å². The van der Waals surface area contributed by atoms with Crippen LogP contribution in [0.2, 0.25) is 0 Å². The molecule has 1 aromatic rings. The van der Waals surface area contributed by atoms with Crippen LogP contribution < -0.4 is 5.73 Å². The molecule has 1 rings (SSSR count). The maximum absolute atomic E-state index is 8.66. The van der Waals surface area contributed by atoms with Crippen LogP contribution in [-0.2, 0) is 6.42 Å². The zero-order valence-corrected chi connectivity index (χ0v) is 7.17. The van der Waals surface area contributed by atoms with E-state index in [9.17, 15) is 0 Å². The van der Waals surface area contributed by atoms with Gasteiger partial charge >= 0.3 is 0 Å². The van der Waals surface area contributed by atoms with E-state index in [0.717, 1.165) is 17.5 Å². The minimum absolute atomic E-state index is 0.658. The van der Waals surface area contributed by atoms with Crippen molar-refractivity contribution < 1.29 is 0 Å². The minimum atomic E-state index is 0.658. The van der Waals surface area contributed by atoms with Gasteiger partial charge in [-0.1, -0.05) is 12.1 Å². The lowest BCUT2D eigenvalue weighted by molar-refractivity contribution is 0.966. The van der Waals surface area contributed by atoms with E-state index in [-0.39, 0.29) is 0 Å². The summed E-state index contributed by atoms with van der Waals surface area (Å²) in [5.74, 6) is 0. The molecule has 0 fully saturated rings. The molecule has 0 amide bonds. The third kappa shape index (κ3) is 1.84. The molecule has 0 aliphatic rings. The van der Waals surface area contributed by atoms with Crippen LogP contribution in [0.3, 0.4) is 0 Å². The number of rotatable bonds is 2. The summed E-state index contributed by atoms with van der Waals surface area (Å²) in [5, 5.41) is 8.66. The van der Waals surface area contributed by atoms with Gasteiger partial charge in [-0.25, -0.2) is 0 Å². The Morgan fingerprint density at radius 1 is 1.50 bits per heavy atom. The van der Waals surface area contributed by atoms with E-state index in [1.165, 1.54) is 5.56 Å². The zero-order chi connectivity index (χ0) is 8.97. The molecule has 0 unspecified atom stereocenters. The maximum atomic E-state index is 8.66. The molecule has 0 bridgehead atoms. The summed E-state index contributed by atoms with van der Waals surface area (Å²) in [7, 11) is 0. The topological polar surface area (TPSA) is 49.8 Å². The van der Waals surface area contributed by atoms with Gasteiger partial charge in [0.2, 0.25) is 0 Å². The highest BCUT2D eigenvalue weighted by atomic mass is 14.5. The van der Waals surface area contributed by atoms with Crippen LogP contribution in [0.1, 0.15) is 16.7 Å². The normalized spacial score (nSPS) is 9.42. The number of nitrogens with zero attached hydrogens (tertiary/aromatic N) is 1. The average molecular weight is 160 g/mol. The summed E-state index contributed by atoms with van der Waals surface area (Å²) >= 11 is 0. The fourth-order valence-corrected chi connectivity index (χ4v) is 1.17. The van der Waals surface area contributed by atoms with Gasteiger partial charge < -0.3 is 5.73 Å². The first-order chi connectivity index (χ1) is 5.77. The van der Waals surface area contributed by atoms with Crippen molar-refractivity contribution in [3.8, 4) is 6.07 Å². The second-order valence-corrected chi connectivity index (χ2v) is 2.80. The number of nitriles is 1. The van der Waals surface area contributed by atoms with Crippen molar-refractivity contribution in [3.05, 3.63) is 34.9 Å². The van der Waals surface area contributed by atoms with Crippen molar-refractivity contribution in [2.45, 2.75) is 13.3 Å². The van der Waals surface area contributed by atoms with E-state index in [1.54, 1.807) is 0 Å². The Balaban J connectivity index is 2.96. The highest BCUT2D eigenvalue weighted by Gasteiger charge is 1.97. The number of hydrogen-bond donors (Lipinski definition) is 1. The van der Waals surface area contributed by atoms with E-state index in [4.69, 9.17) is 11.0 Å². The average Bonchev–Trinajstić information content (AvgIpc) is 2.05. The first kappa shape index (κ1) is 8.76. The summed E-state index contributed by atoms with van der Waals surface area (Å²) in [4.78, 5) is 0. The second kappa shape index (κ2) is 3.89. The van der Waals surface area contributed by atoms with Crippen LogP contribution in [0.4, 0.5) is 0 Å². The van der Waals surface area contributed by atoms with Gasteiger partial charge in [0, 0.05) is 0 Å². The molecule has 1 aromatic carbocycles. The first-order valence-electron chi connectivity index (χ1n) is 3.97.